The lowest BCUT2D eigenvalue weighted by Gasteiger charge is -2.17. The summed E-state index contributed by atoms with van der Waals surface area (Å²) in [6.45, 7) is 0.853. The minimum absolute atomic E-state index is 0.0560. The molecule has 0 unspecified atom stereocenters. The number of rotatable bonds is 5. The zero-order valence-electron chi connectivity index (χ0n) is 14.6. The van der Waals surface area contributed by atoms with Gasteiger partial charge in [-0.2, -0.15) is 0 Å². The Balaban J connectivity index is 1.27. The van der Waals surface area contributed by atoms with Crippen LogP contribution in [0.5, 0.6) is 5.75 Å². The van der Waals surface area contributed by atoms with Gasteiger partial charge in [0.05, 0.1) is 6.54 Å². The van der Waals surface area contributed by atoms with E-state index in [2.05, 4.69) is 16.7 Å². The Morgan fingerprint density at radius 2 is 1.88 bits per heavy atom. The Morgan fingerprint density at radius 1 is 1.00 bits per heavy atom. The molecule has 0 fully saturated rings. The zero-order chi connectivity index (χ0) is 17.9. The maximum Gasteiger partial charge on any atom is 0.251 e. The largest absolute Gasteiger partial charge is 0.492 e. The summed E-state index contributed by atoms with van der Waals surface area (Å²) in [5, 5.41) is 5.76. The first-order chi connectivity index (χ1) is 12.7. The number of amides is 2. The smallest absolute Gasteiger partial charge is 0.251 e. The van der Waals surface area contributed by atoms with Crippen LogP contribution in [0.1, 0.15) is 39.9 Å². The molecule has 5 nitrogen and oxygen atoms in total. The molecule has 0 bridgehead atoms. The minimum Gasteiger partial charge on any atom is -0.492 e. The van der Waals surface area contributed by atoms with E-state index in [0.29, 0.717) is 19.6 Å². The molecule has 0 radical (unpaired) electrons. The number of hydrogen-bond donors (Lipinski definition) is 2. The van der Waals surface area contributed by atoms with Crippen LogP contribution in [0.15, 0.2) is 36.4 Å². The zero-order valence-corrected chi connectivity index (χ0v) is 14.6. The van der Waals surface area contributed by atoms with E-state index >= 15 is 0 Å². The third-order valence-corrected chi connectivity index (χ3v) is 4.99. The molecular weight excluding hydrogens is 328 g/mol. The predicted octanol–water partition coefficient (Wildman–Crippen LogP) is 2.87. The van der Waals surface area contributed by atoms with Gasteiger partial charge in [0.1, 0.15) is 12.4 Å². The lowest BCUT2D eigenvalue weighted by molar-refractivity contribution is -0.116. The summed E-state index contributed by atoms with van der Waals surface area (Å²) in [4.78, 5) is 23.7. The van der Waals surface area contributed by atoms with E-state index in [9.17, 15) is 9.59 Å². The Hall–Kier alpha value is -2.82. The number of nitrogens with one attached hydrogen (secondary N) is 2. The van der Waals surface area contributed by atoms with Crippen molar-refractivity contribution in [1.29, 1.82) is 0 Å². The molecule has 2 amide bonds. The van der Waals surface area contributed by atoms with E-state index < -0.39 is 0 Å². The molecule has 0 saturated heterocycles. The molecule has 4 rings (SSSR count). The highest BCUT2D eigenvalue weighted by atomic mass is 16.5. The van der Waals surface area contributed by atoms with Gasteiger partial charge in [-0.3, -0.25) is 9.59 Å². The standard InChI is InChI=1S/C21H22N2O3/c24-20-9-6-16-13-18(7-8-19(16)23-20)26-11-10-22-21(25)17-5-4-14-2-1-3-15(14)12-17/h4-5,7-8,12-13H,1-3,6,9-11H2,(H,22,25)(H,23,24). The predicted molar refractivity (Wildman–Crippen MR) is 99.7 cm³/mol. The molecule has 0 spiro atoms. The van der Waals surface area contributed by atoms with Crippen LogP contribution >= 0.6 is 0 Å². The lowest BCUT2D eigenvalue weighted by Crippen LogP contribution is -2.28. The molecule has 2 aromatic carbocycles. The van der Waals surface area contributed by atoms with E-state index in [1.165, 1.54) is 17.5 Å². The number of ether oxygens (including phenoxy) is 1. The molecular formula is C21H22N2O3. The van der Waals surface area contributed by atoms with Crippen LogP contribution < -0.4 is 15.4 Å². The highest BCUT2D eigenvalue weighted by Crippen LogP contribution is 2.26. The highest BCUT2D eigenvalue weighted by Gasteiger charge is 2.15. The van der Waals surface area contributed by atoms with Gasteiger partial charge >= 0.3 is 0 Å². The summed E-state index contributed by atoms with van der Waals surface area (Å²) in [6.07, 6.45) is 4.60. The quantitative estimate of drug-likeness (QED) is 0.815. The summed E-state index contributed by atoms with van der Waals surface area (Å²) in [5.41, 5.74) is 5.33. The number of hydrogen-bond acceptors (Lipinski definition) is 3. The average molecular weight is 350 g/mol. The van der Waals surface area contributed by atoms with Gasteiger partial charge in [-0.1, -0.05) is 6.07 Å². The first-order valence-corrected chi connectivity index (χ1v) is 9.14. The van der Waals surface area contributed by atoms with Gasteiger partial charge in [0.2, 0.25) is 5.91 Å². The topological polar surface area (TPSA) is 67.4 Å². The van der Waals surface area contributed by atoms with E-state index in [1.54, 1.807) is 0 Å². The normalized spacial score (nSPS) is 15.0. The first-order valence-electron chi connectivity index (χ1n) is 9.14. The van der Waals surface area contributed by atoms with Crippen molar-refractivity contribution in [3.8, 4) is 5.75 Å². The van der Waals surface area contributed by atoms with Crippen molar-refractivity contribution in [3.05, 3.63) is 58.7 Å². The summed E-state index contributed by atoms with van der Waals surface area (Å²) in [6, 6.07) is 11.6. The van der Waals surface area contributed by atoms with Crippen molar-refractivity contribution in [2.45, 2.75) is 32.1 Å². The van der Waals surface area contributed by atoms with Crippen LogP contribution in [0.25, 0.3) is 0 Å². The maximum atomic E-state index is 12.3. The van der Waals surface area contributed by atoms with Gasteiger partial charge in [0.15, 0.2) is 0 Å². The highest BCUT2D eigenvalue weighted by molar-refractivity contribution is 5.94. The Labute approximate surface area is 152 Å². The van der Waals surface area contributed by atoms with E-state index in [0.717, 1.165) is 41.8 Å². The number of aryl methyl sites for hydroxylation is 3. The fourth-order valence-electron chi connectivity index (χ4n) is 3.60. The molecule has 0 atom stereocenters. The second-order valence-electron chi connectivity index (χ2n) is 6.81. The minimum atomic E-state index is -0.0588. The monoisotopic (exact) mass is 350 g/mol. The van der Waals surface area contributed by atoms with Crippen LogP contribution in [0.2, 0.25) is 0 Å². The number of fused-ring (bicyclic) bond motifs is 2. The van der Waals surface area contributed by atoms with Gasteiger partial charge in [0, 0.05) is 17.7 Å². The van der Waals surface area contributed by atoms with Crippen LogP contribution in [-0.4, -0.2) is 25.0 Å². The third-order valence-electron chi connectivity index (χ3n) is 4.99. The first kappa shape index (κ1) is 16.6. The van der Waals surface area contributed by atoms with Gasteiger partial charge in [-0.05, 0) is 72.7 Å². The van der Waals surface area contributed by atoms with Crippen LogP contribution in [0.3, 0.4) is 0 Å². The molecule has 1 aliphatic heterocycles. The number of anilines is 1. The molecule has 0 saturated carbocycles. The molecule has 2 aliphatic rings. The van der Waals surface area contributed by atoms with Crippen LogP contribution in [0.4, 0.5) is 5.69 Å². The second-order valence-corrected chi connectivity index (χ2v) is 6.81. The fourth-order valence-corrected chi connectivity index (χ4v) is 3.60. The van der Waals surface area contributed by atoms with Crippen LogP contribution in [0, 0.1) is 0 Å². The van der Waals surface area contributed by atoms with Crippen molar-refractivity contribution in [3.63, 3.8) is 0 Å². The summed E-state index contributed by atoms with van der Waals surface area (Å²) < 4.78 is 5.73. The van der Waals surface area contributed by atoms with Gasteiger partial charge in [-0.25, -0.2) is 0 Å². The van der Waals surface area contributed by atoms with Crippen molar-refractivity contribution >= 4 is 17.5 Å². The van der Waals surface area contributed by atoms with Crippen molar-refractivity contribution < 1.29 is 14.3 Å². The van der Waals surface area contributed by atoms with Gasteiger partial charge in [0.25, 0.3) is 5.91 Å². The van der Waals surface area contributed by atoms with Crippen molar-refractivity contribution in [1.82, 2.24) is 5.32 Å². The summed E-state index contributed by atoms with van der Waals surface area (Å²) in [5.74, 6) is 0.753. The van der Waals surface area contributed by atoms with E-state index in [-0.39, 0.29) is 11.8 Å². The number of carbonyl (C=O) groups is 2. The SMILES string of the molecule is O=C1CCc2cc(OCCNC(=O)c3ccc4c(c3)CCC4)ccc2N1. The summed E-state index contributed by atoms with van der Waals surface area (Å²) in [7, 11) is 0. The fraction of sp³-hybridized carbons (Fsp3) is 0.333. The molecule has 1 heterocycles. The summed E-state index contributed by atoms with van der Waals surface area (Å²) >= 11 is 0. The van der Waals surface area contributed by atoms with Gasteiger partial charge in [-0.15, -0.1) is 0 Å². The second kappa shape index (κ2) is 7.20. The number of benzene rings is 2. The molecule has 5 heteroatoms. The lowest BCUT2D eigenvalue weighted by atomic mass is 10.0. The Bertz CT molecular complexity index is 860. The molecule has 0 aromatic heterocycles. The maximum absolute atomic E-state index is 12.3. The van der Waals surface area contributed by atoms with E-state index in [4.69, 9.17) is 4.74 Å². The molecule has 26 heavy (non-hydrogen) atoms. The van der Waals surface area contributed by atoms with Crippen molar-refractivity contribution in [2.24, 2.45) is 0 Å². The van der Waals surface area contributed by atoms with Gasteiger partial charge < -0.3 is 15.4 Å². The molecule has 134 valence electrons. The molecule has 1 aliphatic carbocycles. The Kier molecular flexibility index (Phi) is 4.61. The van der Waals surface area contributed by atoms with Crippen molar-refractivity contribution in [2.75, 3.05) is 18.5 Å². The van der Waals surface area contributed by atoms with E-state index in [1.807, 2.05) is 30.3 Å². The average Bonchev–Trinajstić information content (AvgIpc) is 3.12. The third kappa shape index (κ3) is 3.57. The molecule has 2 aromatic rings. The molecule has 2 N–H and O–H groups in total. The number of carbonyl (C=O) groups excluding carboxylic acids is 2. The van der Waals surface area contributed by atoms with Crippen LogP contribution in [-0.2, 0) is 24.1 Å². The Morgan fingerprint density at radius 3 is 2.81 bits per heavy atom.